The fourth-order valence-corrected chi connectivity index (χ4v) is 1.79. The Morgan fingerprint density at radius 1 is 1.15 bits per heavy atom. The Hall–Kier alpha value is -2.01. The number of rotatable bonds is 6. The van der Waals surface area contributed by atoms with E-state index in [4.69, 9.17) is 4.74 Å². The van der Waals surface area contributed by atoms with Gasteiger partial charge in [0.05, 0.1) is 11.8 Å². The summed E-state index contributed by atoms with van der Waals surface area (Å²) in [6.07, 6.45) is 7.00. The minimum absolute atomic E-state index is 0.112. The van der Waals surface area contributed by atoms with Crippen LogP contribution in [0.25, 0.3) is 0 Å². The van der Waals surface area contributed by atoms with Gasteiger partial charge in [-0.1, -0.05) is 6.07 Å². The average Bonchev–Trinajstić information content (AvgIpc) is 2.46. The molecule has 0 fully saturated rings. The van der Waals surface area contributed by atoms with Gasteiger partial charge in [0, 0.05) is 42.9 Å². The van der Waals surface area contributed by atoms with E-state index in [0.717, 1.165) is 11.3 Å². The van der Waals surface area contributed by atoms with E-state index in [1.807, 2.05) is 26.0 Å². The maximum Gasteiger partial charge on any atom is 0.218 e. The van der Waals surface area contributed by atoms with Gasteiger partial charge < -0.3 is 10.1 Å². The van der Waals surface area contributed by atoms with E-state index in [9.17, 15) is 0 Å². The van der Waals surface area contributed by atoms with Crippen LogP contribution in [0.3, 0.4) is 0 Å². The number of nitrogens with one attached hydrogen (secondary N) is 1. The van der Waals surface area contributed by atoms with Crippen molar-refractivity contribution in [3.63, 3.8) is 0 Å². The second kappa shape index (κ2) is 6.96. The summed E-state index contributed by atoms with van der Waals surface area (Å²) in [5, 5.41) is 3.41. The van der Waals surface area contributed by atoms with Crippen LogP contribution in [0.4, 0.5) is 0 Å². The number of nitrogens with zero attached hydrogens (tertiary/aromatic N) is 3. The highest BCUT2D eigenvalue weighted by atomic mass is 16.5. The molecule has 5 heteroatoms. The van der Waals surface area contributed by atoms with Crippen molar-refractivity contribution < 1.29 is 4.74 Å². The first kappa shape index (κ1) is 14.4. The minimum atomic E-state index is 0.112. The molecule has 5 nitrogen and oxygen atoms in total. The Morgan fingerprint density at radius 2 is 2.00 bits per heavy atom. The number of aromatic nitrogens is 3. The van der Waals surface area contributed by atoms with Gasteiger partial charge in [-0.2, -0.15) is 0 Å². The zero-order valence-corrected chi connectivity index (χ0v) is 12.1. The number of ether oxygens (including phenoxy) is 1. The van der Waals surface area contributed by atoms with Crippen LogP contribution in [0, 0.1) is 0 Å². The summed E-state index contributed by atoms with van der Waals surface area (Å²) in [4.78, 5) is 12.6. The van der Waals surface area contributed by atoms with Gasteiger partial charge >= 0.3 is 0 Å². The predicted molar refractivity (Wildman–Crippen MR) is 77.3 cm³/mol. The Balaban J connectivity index is 2.00. The van der Waals surface area contributed by atoms with Crippen LogP contribution in [-0.4, -0.2) is 21.1 Å². The summed E-state index contributed by atoms with van der Waals surface area (Å²) in [5.41, 5.74) is 1.96. The highest BCUT2D eigenvalue weighted by molar-refractivity contribution is 5.25. The molecule has 1 atom stereocenters. The first-order chi connectivity index (χ1) is 9.66. The van der Waals surface area contributed by atoms with Crippen LogP contribution in [0.1, 0.15) is 38.1 Å². The van der Waals surface area contributed by atoms with Gasteiger partial charge in [-0.15, -0.1) is 0 Å². The van der Waals surface area contributed by atoms with Gasteiger partial charge in [-0.25, -0.2) is 4.98 Å². The van der Waals surface area contributed by atoms with E-state index < -0.39 is 0 Å². The van der Waals surface area contributed by atoms with Crippen molar-refractivity contribution in [1.82, 2.24) is 20.3 Å². The maximum absolute atomic E-state index is 5.70. The topological polar surface area (TPSA) is 59.9 Å². The van der Waals surface area contributed by atoms with Crippen molar-refractivity contribution >= 4 is 0 Å². The van der Waals surface area contributed by atoms with Crippen molar-refractivity contribution in [2.75, 3.05) is 0 Å². The van der Waals surface area contributed by atoms with E-state index in [1.165, 1.54) is 0 Å². The second-order valence-corrected chi connectivity index (χ2v) is 4.87. The highest BCUT2D eigenvalue weighted by Gasteiger charge is 2.10. The third-order valence-corrected chi connectivity index (χ3v) is 2.82. The Morgan fingerprint density at radius 3 is 2.70 bits per heavy atom. The summed E-state index contributed by atoms with van der Waals surface area (Å²) < 4.78 is 5.70. The molecule has 20 heavy (non-hydrogen) atoms. The van der Waals surface area contributed by atoms with Crippen LogP contribution in [0.5, 0.6) is 5.88 Å². The largest absolute Gasteiger partial charge is 0.475 e. The lowest BCUT2D eigenvalue weighted by atomic mass is 10.2. The second-order valence-electron chi connectivity index (χ2n) is 4.87. The normalized spacial score (nSPS) is 12.4. The van der Waals surface area contributed by atoms with E-state index >= 15 is 0 Å². The molecule has 2 aromatic rings. The first-order valence-electron chi connectivity index (χ1n) is 6.76. The van der Waals surface area contributed by atoms with E-state index in [-0.39, 0.29) is 12.1 Å². The van der Waals surface area contributed by atoms with Crippen molar-refractivity contribution in [1.29, 1.82) is 0 Å². The molecule has 2 rings (SSSR count). The lowest BCUT2D eigenvalue weighted by molar-refractivity contribution is 0.229. The molecule has 0 saturated carbocycles. The third kappa shape index (κ3) is 3.99. The summed E-state index contributed by atoms with van der Waals surface area (Å²) in [6.45, 7) is 6.72. The van der Waals surface area contributed by atoms with Gasteiger partial charge in [0.1, 0.15) is 0 Å². The molecule has 106 valence electrons. The predicted octanol–water partition coefficient (Wildman–Crippen LogP) is 2.51. The molecule has 0 amide bonds. The molecule has 0 saturated heterocycles. The molecule has 2 heterocycles. The van der Waals surface area contributed by atoms with E-state index in [2.05, 4.69) is 27.2 Å². The average molecular weight is 272 g/mol. The number of pyridine rings is 1. The Labute approximate surface area is 119 Å². The molecule has 0 aromatic carbocycles. The molecule has 0 bridgehead atoms. The van der Waals surface area contributed by atoms with Gasteiger partial charge in [0.25, 0.3) is 0 Å². The fraction of sp³-hybridized carbons (Fsp3) is 0.400. The molecule has 0 radical (unpaired) electrons. The summed E-state index contributed by atoms with van der Waals surface area (Å²) >= 11 is 0. The van der Waals surface area contributed by atoms with E-state index in [1.54, 1.807) is 24.8 Å². The van der Waals surface area contributed by atoms with Crippen molar-refractivity contribution in [2.24, 2.45) is 0 Å². The van der Waals surface area contributed by atoms with Crippen molar-refractivity contribution in [2.45, 2.75) is 39.5 Å². The lowest BCUT2D eigenvalue weighted by Crippen LogP contribution is -2.20. The standard InChI is InChI=1S/C15H20N4O/c1-11(2)20-15-13(5-4-6-18-15)9-19-12(3)14-10-16-7-8-17-14/h4-8,10-12,19H,9H2,1-3H3. The van der Waals surface area contributed by atoms with Crippen LogP contribution >= 0.6 is 0 Å². The molecular weight excluding hydrogens is 252 g/mol. The number of hydrogen-bond acceptors (Lipinski definition) is 5. The SMILES string of the molecule is CC(C)Oc1ncccc1CNC(C)c1cnccn1. The summed E-state index contributed by atoms with van der Waals surface area (Å²) in [7, 11) is 0. The molecule has 1 unspecified atom stereocenters. The molecule has 0 aliphatic carbocycles. The molecule has 2 aromatic heterocycles. The number of hydrogen-bond donors (Lipinski definition) is 1. The Bertz CT molecular complexity index is 530. The quantitative estimate of drug-likeness (QED) is 0.875. The highest BCUT2D eigenvalue weighted by Crippen LogP contribution is 2.17. The van der Waals surface area contributed by atoms with Gasteiger partial charge in [0.15, 0.2) is 0 Å². The smallest absolute Gasteiger partial charge is 0.218 e. The van der Waals surface area contributed by atoms with Crippen LogP contribution in [0.15, 0.2) is 36.9 Å². The maximum atomic E-state index is 5.70. The monoisotopic (exact) mass is 272 g/mol. The first-order valence-corrected chi connectivity index (χ1v) is 6.76. The lowest BCUT2D eigenvalue weighted by Gasteiger charge is -2.16. The minimum Gasteiger partial charge on any atom is -0.475 e. The zero-order valence-electron chi connectivity index (χ0n) is 12.1. The summed E-state index contributed by atoms with van der Waals surface area (Å²) in [6, 6.07) is 4.05. The summed E-state index contributed by atoms with van der Waals surface area (Å²) in [5.74, 6) is 0.682. The Kier molecular flexibility index (Phi) is 5.01. The van der Waals surface area contributed by atoms with Crippen molar-refractivity contribution in [3.8, 4) is 5.88 Å². The van der Waals surface area contributed by atoms with Crippen LogP contribution < -0.4 is 10.1 Å². The van der Waals surface area contributed by atoms with Gasteiger partial charge in [0.2, 0.25) is 5.88 Å². The van der Waals surface area contributed by atoms with Crippen molar-refractivity contribution in [3.05, 3.63) is 48.2 Å². The third-order valence-electron chi connectivity index (χ3n) is 2.82. The molecular formula is C15H20N4O. The van der Waals surface area contributed by atoms with E-state index in [0.29, 0.717) is 12.4 Å². The van der Waals surface area contributed by atoms with Crippen LogP contribution in [0.2, 0.25) is 0 Å². The molecule has 0 aliphatic rings. The zero-order chi connectivity index (χ0) is 14.4. The van der Waals surface area contributed by atoms with Gasteiger partial charge in [-0.05, 0) is 26.8 Å². The molecule has 0 spiro atoms. The van der Waals surface area contributed by atoms with Gasteiger partial charge in [-0.3, -0.25) is 9.97 Å². The molecule has 1 N–H and O–H groups in total. The fourth-order valence-electron chi connectivity index (χ4n) is 1.79. The molecule has 0 aliphatic heterocycles. The van der Waals surface area contributed by atoms with Crippen LogP contribution in [-0.2, 0) is 6.54 Å².